The number of nitrogens with zero attached hydrogens (tertiary/aromatic N) is 1. The lowest BCUT2D eigenvalue weighted by atomic mass is 10.0. The van der Waals surface area contributed by atoms with Gasteiger partial charge in [0, 0.05) is 43.0 Å². The van der Waals surface area contributed by atoms with Crippen LogP contribution in [0.4, 0.5) is 5.69 Å². The van der Waals surface area contributed by atoms with E-state index in [1.807, 2.05) is 18.2 Å². The van der Waals surface area contributed by atoms with Crippen molar-refractivity contribution in [2.75, 3.05) is 44.7 Å². The van der Waals surface area contributed by atoms with E-state index in [1.54, 1.807) is 0 Å². The summed E-state index contributed by atoms with van der Waals surface area (Å²) >= 11 is 0. The number of benzene rings is 1. The zero-order chi connectivity index (χ0) is 15.6. The van der Waals surface area contributed by atoms with Crippen molar-refractivity contribution in [3.63, 3.8) is 0 Å². The number of morpholine rings is 1. The number of hydrogen-bond donors (Lipinski definition) is 2. The maximum absolute atomic E-state index is 12.4. The summed E-state index contributed by atoms with van der Waals surface area (Å²) in [5, 5.41) is 6.40. The van der Waals surface area contributed by atoms with E-state index in [0.717, 1.165) is 50.5 Å². The summed E-state index contributed by atoms with van der Waals surface area (Å²) in [4.78, 5) is 14.8. The molecule has 0 aliphatic carbocycles. The molecule has 0 bridgehead atoms. The number of nitrogens with one attached hydrogen (secondary N) is 2. The fourth-order valence-electron chi connectivity index (χ4n) is 3.13. The van der Waals surface area contributed by atoms with Crippen molar-refractivity contribution in [2.45, 2.75) is 25.8 Å². The Kier molecular flexibility index (Phi) is 7.80. The number of carbonyl (C=O) groups is 1. The van der Waals surface area contributed by atoms with Crippen LogP contribution in [0.3, 0.4) is 0 Å². The molecule has 2 heterocycles. The summed E-state index contributed by atoms with van der Waals surface area (Å²) in [6.07, 6.45) is 0.996. The summed E-state index contributed by atoms with van der Waals surface area (Å²) in [5.74, 6) is 0.0102. The van der Waals surface area contributed by atoms with Crippen molar-refractivity contribution < 1.29 is 9.53 Å². The number of carbonyl (C=O) groups excluding carboxylic acids is 1. The molecule has 2 aliphatic rings. The van der Waals surface area contributed by atoms with Crippen molar-refractivity contribution in [2.24, 2.45) is 0 Å². The lowest BCUT2D eigenvalue weighted by Crippen LogP contribution is -2.55. The van der Waals surface area contributed by atoms with Crippen LogP contribution in [0, 0.1) is 0 Å². The van der Waals surface area contributed by atoms with Gasteiger partial charge in [-0.1, -0.05) is 0 Å². The van der Waals surface area contributed by atoms with Crippen LogP contribution < -0.4 is 10.6 Å². The zero-order valence-corrected chi connectivity index (χ0v) is 15.9. The topological polar surface area (TPSA) is 53.6 Å². The smallest absolute Gasteiger partial charge is 0.251 e. The highest BCUT2D eigenvalue weighted by Gasteiger charge is 2.28. The predicted octanol–water partition coefficient (Wildman–Crippen LogP) is 2.34. The van der Waals surface area contributed by atoms with E-state index in [0.29, 0.717) is 6.54 Å². The average Bonchev–Trinajstić information content (AvgIpc) is 3.01. The number of ether oxygens (including phenoxy) is 1. The molecule has 0 atom stereocenters. The Hall–Kier alpha value is -1.01. The minimum absolute atomic E-state index is 0. The molecule has 24 heavy (non-hydrogen) atoms. The first-order valence-corrected chi connectivity index (χ1v) is 8.04. The van der Waals surface area contributed by atoms with Gasteiger partial charge in [-0.15, -0.1) is 24.8 Å². The largest absolute Gasteiger partial charge is 0.384 e. The van der Waals surface area contributed by atoms with Crippen molar-refractivity contribution in [3.8, 4) is 0 Å². The molecule has 5 nitrogen and oxygen atoms in total. The zero-order valence-electron chi connectivity index (χ0n) is 14.3. The molecule has 0 saturated carbocycles. The van der Waals surface area contributed by atoms with Gasteiger partial charge in [-0.2, -0.15) is 0 Å². The fourth-order valence-corrected chi connectivity index (χ4v) is 3.13. The number of amides is 1. The highest BCUT2D eigenvalue weighted by molar-refractivity contribution is 5.95. The Morgan fingerprint density at radius 2 is 2.00 bits per heavy atom. The maximum Gasteiger partial charge on any atom is 0.251 e. The molecule has 2 N–H and O–H groups in total. The standard InChI is InChI=1S/C17H25N3O2.2ClH/c1-17(2,20-7-9-22-10-8-20)12-19-16(21)14-3-4-15-13(11-14)5-6-18-15;;/h3-4,11,18H,5-10,12H2,1-2H3,(H,19,21);2*1H. The molecular formula is C17H27Cl2N3O2. The van der Waals surface area contributed by atoms with E-state index < -0.39 is 0 Å². The summed E-state index contributed by atoms with van der Waals surface area (Å²) in [5.41, 5.74) is 3.09. The quantitative estimate of drug-likeness (QED) is 0.847. The van der Waals surface area contributed by atoms with Crippen LogP contribution in [-0.4, -0.2) is 55.7 Å². The molecular weight excluding hydrogens is 349 g/mol. The lowest BCUT2D eigenvalue weighted by molar-refractivity contribution is -0.00923. The van der Waals surface area contributed by atoms with E-state index in [1.165, 1.54) is 5.56 Å². The molecule has 1 aromatic rings. The molecule has 1 amide bonds. The van der Waals surface area contributed by atoms with E-state index >= 15 is 0 Å². The van der Waals surface area contributed by atoms with Crippen molar-refractivity contribution in [3.05, 3.63) is 29.3 Å². The Morgan fingerprint density at radius 1 is 1.29 bits per heavy atom. The maximum atomic E-state index is 12.4. The molecule has 1 fully saturated rings. The summed E-state index contributed by atoms with van der Waals surface area (Å²) in [7, 11) is 0. The Labute approximate surface area is 156 Å². The molecule has 0 radical (unpaired) electrons. The minimum Gasteiger partial charge on any atom is -0.384 e. The number of anilines is 1. The number of fused-ring (bicyclic) bond motifs is 1. The van der Waals surface area contributed by atoms with Crippen molar-refractivity contribution >= 4 is 36.4 Å². The first-order chi connectivity index (χ1) is 10.6. The van der Waals surface area contributed by atoms with Crippen LogP contribution in [0.2, 0.25) is 0 Å². The molecule has 3 rings (SSSR count). The second kappa shape index (κ2) is 8.90. The normalized spacial score (nSPS) is 17.1. The fraction of sp³-hybridized carbons (Fsp3) is 0.588. The SMILES string of the molecule is CC(C)(CNC(=O)c1ccc2c(c1)CCN2)N1CCOCC1.Cl.Cl. The third-order valence-corrected chi connectivity index (χ3v) is 4.63. The Balaban J connectivity index is 0.00000144. The monoisotopic (exact) mass is 375 g/mol. The van der Waals surface area contributed by atoms with E-state index in [-0.39, 0.29) is 36.3 Å². The van der Waals surface area contributed by atoms with Crippen molar-refractivity contribution in [1.82, 2.24) is 10.2 Å². The van der Waals surface area contributed by atoms with Gasteiger partial charge in [0.2, 0.25) is 0 Å². The van der Waals surface area contributed by atoms with Gasteiger partial charge in [-0.3, -0.25) is 9.69 Å². The Bertz CT molecular complexity index is 561. The van der Waals surface area contributed by atoms with Crippen LogP contribution in [-0.2, 0) is 11.2 Å². The van der Waals surface area contributed by atoms with Crippen LogP contribution >= 0.6 is 24.8 Å². The second-order valence-electron chi connectivity index (χ2n) is 6.64. The number of hydrogen-bond acceptors (Lipinski definition) is 4. The second-order valence-corrected chi connectivity index (χ2v) is 6.64. The highest BCUT2D eigenvalue weighted by atomic mass is 35.5. The number of rotatable bonds is 4. The number of halogens is 2. The first-order valence-electron chi connectivity index (χ1n) is 8.04. The molecule has 7 heteroatoms. The molecule has 0 unspecified atom stereocenters. The molecule has 2 aliphatic heterocycles. The van der Waals surface area contributed by atoms with E-state index in [2.05, 4.69) is 29.4 Å². The average molecular weight is 376 g/mol. The van der Waals surface area contributed by atoms with Gasteiger partial charge in [-0.25, -0.2) is 0 Å². The van der Waals surface area contributed by atoms with Gasteiger partial charge in [0.15, 0.2) is 0 Å². The summed E-state index contributed by atoms with van der Waals surface area (Å²) < 4.78 is 5.40. The summed E-state index contributed by atoms with van der Waals surface area (Å²) in [6, 6.07) is 5.91. The van der Waals surface area contributed by atoms with Gasteiger partial charge >= 0.3 is 0 Å². The Morgan fingerprint density at radius 3 is 2.71 bits per heavy atom. The third-order valence-electron chi connectivity index (χ3n) is 4.63. The van der Waals surface area contributed by atoms with Crippen molar-refractivity contribution in [1.29, 1.82) is 0 Å². The van der Waals surface area contributed by atoms with Gasteiger partial charge in [0.25, 0.3) is 5.91 Å². The van der Waals surface area contributed by atoms with Gasteiger partial charge < -0.3 is 15.4 Å². The van der Waals surface area contributed by atoms with Gasteiger partial charge in [0.05, 0.1) is 13.2 Å². The van der Waals surface area contributed by atoms with Crippen LogP contribution in [0.5, 0.6) is 0 Å². The van der Waals surface area contributed by atoms with Crippen LogP contribution in [0.15, 0.2) is 18.2 Å². The molecule has 136 valence electrons. The van der Waals surface area contributed by atoms with Crippen LogP contribution in [0.1, 0.15) is 29.8 Å². The third kappa shape index (κ3) is 4.76. The van der Waals surface area contributed by atoms with Crippen LogP contribution in [0.25, 0.3) is 0 Å². The minimum atomic E-state index is -0.0578. The van der Waals surface area contributed by atoms with E-state index in [4.69, 9.17) is 4.74 Å². The predicted molar refractivity (Wildman–Crippen MR) is 102 cm³/mol. The molecule has 1 aromatic carbocycles. The molecule has 0 spiro atoms. The van der Waals surface area contributed by atoms with E-state index in [9.17, 15) is 4.79 Å². The lowest BCUT2D eigenvalue weighted by Gasteiger charge is -2.40. The molecule has 0 aromatic heterocycles. The summed E-state index contributed by atoms with van der Waals surface area (Å²) in [6.45, 7) is 9.34. The van der Waals surface area contributed by atoms with Gasteiger partial charge in [-0.05, 0) is 44.0 Å². The highest BCUT2D eigenvalue weighted by Crippen LogP contribution is 2.23. The molecule has 1 saturated heterocycles. The first kappa shape index (κ1) is 21.0. The van der Waals surface area contributed by atoms with Gasteiger partial charge in [0.1, 0.15) is 0 Å².